The molecule has 2 amide bonds. The zero-order valence-electron chi connectivity index (χ0n) is 20.7. The van der Waals surface area contributed by atoms with Crippen LogP contribution in [0.25, 0.3) is 0 Å². The molecule has 1 saturated heterocycles. The number of rotatable bonds is 6. The van der Waals surface area contributed by atoms with E-state index in [0.29, 0.717) is 18.7 Å². The van der Waals surface area contributed by atoms with Crippen LogP contribution in [-0.4, -0.2) is 45.1 Å². The number of fused-ring (bicyclic) bond motifs is 1. The molecule has 198 valence electrons. The minimum Gasteiger partial charge on any atom is -0.347 e. The van der Waals surface area contributed by atoms with E-state index in [0.717, 1.165) is 31.7 Å². The Morgan fingerprint density at radius 2 is 1.97 bits per heavy atom. The maximum Gasteiger partial charge on any atom is 0.416 e. The van der Waals surface area contributed by atoms with Gasteiger partial charge in [-0.2, -0.15) is 13.2 Å². The molecule has 8 nitrogen and oxygen atoms in total. The van der Waals surface area contributed by atoms with E-state index in [1.807, 2.05) is 0 Å². The molecule has 3 heterocycles. The van der Waals surface area contributed by atoms with Gasteiger partial charge < -0.3 is 19.7 Å². The number of carbonyl (C=O) groups is 2. The van der Waals surface area contributed by atoms with Crippen molar-refractivity contribution in [3.63, 3.8) is 0 Å². The Balaban J connectivity index is 1.35. The first kappa shape index (κ1) is 25.6. The summed E-state index contributed by atoms with van der Waals surface area (Å²) < 4.78 is 52.2. The summed E-state index contributed by atoms with van der Waals surface area (Å²) in [6.07, 6.45) is 2.18. The number of amides is 2. The Morgan fingerprint density at radius 3 is 2.59 bits per heavy atom. The van der Waals surface area contributed by atoms with Gasteiger partial charge in [-0.3, -0.25) is 14.6 Å². The summed E-state index contributed by atoms with van der Waals surface area (Å²) in [5.41, 5.74) is -0.389. The van der Waals surface area contributed by atoms with Crippen LogP contribution in [0.5, 0.6) is 0 Å². The van der Waals surface area contributed by atoms with E-state index in [1.54, 1.807) is 13.8 Å². The van der Waals surface area contributed by atoms with E-state index < -0.39 is 35.4 Å². The lowest BCUT2D eigenvalue weighted by Gasteiger charge is -2.29. The van der Waals surface area contributed by atoms with Gasteiger partial charge in [0, 0.05) is 12.1 Å². The predicted molar refractivity (Wildman–Crippen MR) is 126 cm³/mol. The van der Waals surface area contributed by atoms with Crippen molar-refractivity contribution in [2.24, 2.45) is 5.92 Å². The van der Waals surface area contributed by atoms with Crippen LogP contribution in [0, 0.1) is 5.92 Å². The fourth-order valence-electron chi connectivity index (χ4n) is 5.42. The first-order valence-corrected chi connectivity index (χ1v) is 12.5. The van der Waals surface area contributed by atoms with E-state index in [9.17, 15) is 22.8 Å². The Bertz CT molecular complexity index is 1180. The molecule has 37 heavy (non-hydrogen) atoms. The van der Waals surface area contributed by atoms with Gasteiger partial charge in [0.1, 0.15) is 12.1 Å². The molecule has 11 heteroatoms. The molecule has 1 aromatic heterocycles. The van der Waals surface area contributed by atoms with E-state index in [1.165, 1.54) is 29.4 Å². The van der Waals surface area contributed by atoms with Gasteiger partial charge in [0.05, 0.1) is 30.3 Å². The average molecular weight is 519 g/mol. The molecule has 5 rings (SSSR count). The van der Waals surface area contributed by atoms with Crippen LogP contribution in [0.3, 0.4) is 0 Å². The summed E-state index contributed by atoms with van der Waals surface area (Å²) >= 11 is 0. The highest BCUT2D eigenvalue weighted by Gasteiger charge is 2.43. The molecular weight excluding hydrogens is 489 g/mol. The zero-order chi connectivity index (χ0) is 26.4. The van der Waals surface area contributed by atoms with Gasteiger partial charge in [0.15, 0.2) is 11.6 Å². The molecule has 2 aliphatic heterocycles. The highest BCUT2D eigenvalue weighted by molar-refractivity contribution is 6.03. The molecule has 1 aliphatic carbocycles. The lowest BCUT2D eigenvalue weighted by atomic mass is 9.96. The standard InChI is InChI=1S/C26H29F3N4O4/c1-25(2)36-14-21(37-25)19-11-31-22(12-30-19)32-23(34)20(10-15-6-3-4-7-15)33-13-17-16(24(33)35)8-5-9-18(17)26(27,28)29/h5,8-9,11-12,15,20-21H,3-4,6-7,10,13-14H2,1-2H3,(H,31,32,34)/t20?,21-/m1/s1. The summed E-state index contributed by atoms with van der Waals surface area (Å²) in [5, 5.41) is 2.72. The lowest BCUT2D eigenvalue weighted by Crippen LogP contribution is -2.45. The Kier molecular flexibility index (Phi) is 6.70. The van der Waals surface area contributed by atoms with Crippen molar-refractivity contribution in [1.29, 1.82) is 0 Å². The van der Waals surface area contributed by atoms with Crippen molar-refractivity contribution < 1.29 is 32.2 Å². The summed E-state index contributed by atoms with van der Waals surface area (Å²) in [4.78, 5) is 36.5. The molecule has 1 unspecified atom stereocenters. The molecule has 3 aliphatic rings. The van der Waals surface area contributed by atoms with Gasteiger partial charge in [-0.1, -0.05) is 31.7 Å². The van der Waals surface area contributed by atoms with Gasteiger partial charge in [0.25, 0.3) is 5.91 Å². The minimum atomic E-state index is -4.59. The quantitative estimate of drug-likeness (QED) is 0.587. The number of aromatic nitrogens is 2. The molecule has 1 aromatic carbocycles. The first-order valence-electron chi connectivity index (χ1n) is 12.5. The maximum absolute atomic E-state index is 13.6. The fourth-order valence-corrected chi connectivity index (χ4v) is 5.42. The molecule has 0 radical (unpaired) electrons. The molecule has 2 atom stereocenters. The third-order valence-electron chi connectivity index (χ3n) is 7.27. The number of benzene rings is 1. The summed E-state index contributed by atoms with van der Waals surface area (Å²) in [7, 11) is 0. The third-order valence-corrected chi connectivity index (χ3v) is 7.27. The van der Waals surface area contributed by atoms with Crippen LogP contribution in [0.15, 0.2) is 30.6 Å². The Morgan fingerprint density at radius 1 is 1.22 bits per heavy atom. The number of hydrogen-bond acceptors (Lipinski definition) is 6. The molecule has 0 bridgehead atoms. The lowest BCUT2D eigenvalue weighted by molar-refractivity contribution is -0.139. The van der Waals surface area contributed by atoms with Crippen LogP contribution in [0.1, 0.15) is 79.2 Å². The van der Waals surface area contributed by atoms with Gasteiger partial charge in [-0.25, -0.2) is 4.98 Å². The molecular formula is C26H29F3N4O4. The highest BCUT2D eigenvalue weighted by Crippen LogP contribution is 2.39. The normalized spacial score (nSPS) is 22.4. The number of anilines is 1. The number of carbonyl (C=O) groups excluding carboxylic acids is 2. The predicted octanol–water partition coefficient (Wildman–Crippen LogP) is 4.86. The smallest absolute Gasteiger partial charge is 0.347 e. The Labute approximate surface area is 212 Å². The highest BCUT2D eigenvalue weighted by atomic mass is 19.4. The molecule has 1 saturated carbocycles. The largest absolute Gasteiger partial charge is 0.416 e. The van der Waals surface area contributed by atoms with E-state index in [-0.39, 0.29) is 35.5 Å². The first-order chi connectivity index (χ1) is 17.5. The number of nitrogens with one attached hydrogen (secondary N) is 1. The van der Waals surface area contributed by atoms with Crippen molar-refractivity contribution in [1.82, 2.24) is 14.9 Å². The van der Waals surface area contributed by atoms with Crippen molar-refractivity contribution in [2.45, 2.75) is 76.6 Å². The fraction of sp³-hybridized carbons (Fsp3) is 0.538. The van der Waals surface area contributed by atoms with Gasteiger partial charge in [0.2, 0.25) is 5.91 Å². The zero-order valence-corrected chi connectivity index (χ0v) is 20.7. The summed E-state index contributed by atoms with van der Waals surface area (Å²) in [5.74, 6) is -1.39. The second-order valence-electron chi connectivity index (χ2n) is 10.3. The van der Waals surface area contributed by atoms with E-state index in [4.69, 9.17) is 9.47 Å². The number of hydrogen-bond donors (Lipinski definition) is 1. The monoisotopic (exact) mass is 518 g/mol. The maximum atomic E-state index is 13.6. The molecule has 2 aromatic rings. The summed E-state index contributed by atoms with van der Waals surface area (Å²) in [6.45, 7) is 3.66. The average Bonchev–Trinajstić information content (AvgIpc) is 3.56. The topological polar surface area (TPSA) is 93.7 Å². The van der Waals surface area contributed by atoms with Gasteiger partial charge in [-0.05, 0) is 43.9 Å². The van der Waals surface area contributed by atoms with Gasteiger partial charge >= 0.3 is 6.18 Å². The number of nitrogens with zero attached hydrogens (tertiary/aromatic N) is 3. The van der Waals surface area contributed by atoms with E-state index in [2.05, 4.69) is 15.3 Å². The second-order valence-corrected chi connectivity index (χ2v) is 10.3. The Hall–Kier alpha value is -3.05. The van der Waals surface area contributed by atoms with E-state index >= 15 is 0 Å². The van der Waals surface area contributed by atoms with Crippen LogP contribution in [0.2, 0.25) is 0 Å². The number of ether oxygens (including phenoxy) is 2. The van der Waals surface area contributed by atoms with Crippen LogP contribution in [-0.2, 0) is 27.0 Å². The molecule has 1 N–H and O–H groups in total. The number of alkyl halides is 3. The van der Waals surface area contributed by atoms with Crippen molar-refractivity contribution in [3.8, 4) is 0 Å². The molecule has 0 spiro atoms. The van der Waals surface area contributed by atoms with Crippen LogP contribution in [0.4, 0.5) is 19.0 Å². The van der Waals surface area contributed by atoms with Crippen molar-refractivity contribution in [2.75, 3.05) is 11.9 Å². The van der Waals surface area contributed by atoms with Crippen molar-refractivity contribution >= 4 is 17.6 Å². The minimum absolute atomic E-state index is 0.00935. The van der Waals surface area contributed by atoms with Crippen LogP contribution < -0.4 is 5.32 Å². The SMILES string of the molecule is CC1(C)OC[C@H](c2cnc(NC(=O)C(CC3CCCC3)N3Cc4c(cccc4C(F)(F)F)C3=O)cn2)O1. The van der Waals surface area contributed by atoms with Gasteiger partial charge in [-0.15, -0.1) is 0 Å². The van der Waals surface area contributed by atoms with Crippen molar-refractivity contribution in [3.05, 3.63) is 53.0 Å². The number of halogens is 3. The third kappa shape index (κ3) is 5.33. The summed E-state index contributed by atoms with van der Waals surface area (Å²) in [6, 6.07) is 2.65. The second kappa shape index (κ2) is 9.68. The molecule has 2 fully saturated rings. The van der Waals surface area contributed by atoms with Crippen LogP contribution >= 0.6 is 0 Å².